The second-order valence-electron chi connectivity index (χ2n) is 5.37. The summed E-state index contributed by atoms with van der Waals surface area (Å²) in [5.74, 6) is 0.773. The molecule has 0 heterocycles. The van der Waals surface area contributed by atoms with E-state index in [1.54, 1.807) is 0 Å². The van der Waals surface area contributed by atoms with Gasteiger partial charge in [0.1, 0.15) is 0 Å². The van der Waals surface area contributed by atoms with E-state index >= 15 is 0 Å². The van der Waals surface area contributed by atoms with Gasteiger partial charge in [-0.25, -0.2) is 0 Å². The highest BCUT2D eigenvalue weighted by atomic mass is 16.5. The van der Waals surface area contributed by atoms with Crippen molar-refractivity contribution in [1.82, 2.24) is 16.0 Å². The van der Waals surface area contributed by atoms with Gasteiger partial charge in [-0.1, -0.05) is 20.3 Å². The van der Waals surface area contributed by atoms with Gasteiger partial charge in [0.05, 0.1) is 26.4 Å². The first-order chi connectivity index (χ1) is 11.7. The second kappa shape index (κ2) is 18.0. The highest BCUT2D eigenvalue weighted by molar-refractivity contribution is 5.81. The van der Waals surface area contributed by atoms with E-state index in [-0.39, 0.29) is 5.91 Å². The average molecular weight is 345 g/mol. The normalized spacial score (nSPS) is 11.4. The maximum Gasteiger partial charge on any atom is 0.221 e. The Bertz CT molecular complexity index is 325. The van der Waals surface area contributed by atoms with Crippen molar-refractivity contribution in [2.45, 2.75) is 46.5 Å². The van der Waals surface area contributed by atoms with Gasteiger partial charge >= 0.3 is 0 Å². The van der Waals surface area contributed by atoms with Crippen LogP contribution in [0.3, 0.4) is 0 Å². The lowest BCUT2D eigenvalue weighted by Crippen LogP contribution is -2.39. The van der Waals surface area contributed by atoms with Crippen molar-refractivity contribution >= 4 is 11.9 Å². The third kappa shape index (κ3) is 15.6. The molecule has 0 saturated carbocycles. The number of nitrogens with one attached hydrogen (secondary N) is 3. The topological polar surface area (TPSA) is 84.0 Å². The van der Waals surface area contributed by atoms with E-state index < -0.39 is 0 Å². The van der Waals surface area contributed by atoms with Gasteiger partial charge in [0, 0.05) is 32.7 Å². The van der Waals surface area contributed by atoms with Crippen LogP contribution in [-0.2, 0) is 14.3 Å². The fraction of sp³-hybridized carbons (Fsp3) is 0.882. The van der Waals surface area contributed by atoms with Gasteiger partial charge in [-0.05, 0) is 19.8 Å². The number of unbranched alkanes of at least 4 members (excludes halogenated alkanes) is 1. The summed E-state index contributed by atoms with van der Waals surface area (Å²) in [6.45, 7) is 11.4. The molecule has 0 aliphatic heterocycles. The van der Waals surface area contributed by atoms with Crippen molar-refractivity contribution in [3.63, 3.8) is 0 Å². The van der Waals surface area contributed by atoms with Gasteiger partial charge in [-0.2, -0.15) is 0 Å². The molecule has 0 bridgehead atoms. The van der Waals surface area contributed by atoms with Crippen LogP contribution in [-0.4, -0.2) is 64.5 Å². The van der Waals surface area contributed by atoms with E-state index in [9.17, 15) is 4.79 Å². The predicted molar refractivity (Wildman–Crippen MR) is 98.4 cm³/mol. The minimum atomic E-state index is 0.0617. The minimum Gasteiger partial charge on any atom is -0.379 e. The molecule has 0 spiro atoms. The minimum absolute atomic E-state index is 0.0617. The monoisotopic (exact) mass is 344 g/mol. The highest BCUT2D eigenvalue weighted by Crippen LogP contribution is 1.88. The molecule has 0 aromatic rings. The Morgan fingerprint density at radius 3 is 2.29 bits per heavy atom. The number of rotatable bonds is 15. The Kier molecular flexibility index (Phi) is 17.0. The van der Waals surface area contributed by atoms with Crippen molar-refractivity contribution in [1.29, 1.82) is 0 Å². The first kappa shape index (κ1) is 22.7. The summed E-state index contributed by atoms with van der Waals surface area (Å²) in [4.78, 5) is 15.9. The molecule has 0 atom stereocenters. The number of aliphatic imine (C=N–C) groups is 1. The summed E-state index contributed by atoms with van der Waals surface area (Å²) in [5.41, 5.74) is 0. The predicted octanol–water partition coefficient (Wildman–Crippen LogP) is 1.29. The third-order valence-electron chi connectivity index (χ3n) is 3.08. The number of guanidine groups is 1. The highest BCUT2D eigenvalue weighted by Gasteiger charge is 2.01. The van der Waals surface area contributed by atoms with Gasteiger partial charge in [0.15, 0.2) is 5.96 Å². The van der Waals surface area contributed by atoms with Gasteiger partial charge in [0.2, 0.25) is 5.91 Å². The zero-order valence-corrected chi connectivity index (χ0v) is 15.7. The number of amides is 1. The molecule has 0 aliphatic rings. The zero-order chi connectivity index (χ0) is 17.9. The van der Waals surface area contributed by atoms with Crippen LogP contribution in [0.1, 0.15) is 46.5 Å². The Morgan fingerprint density at radius 2 is 1.62 bits per heavy atom. The SMILES string of the molecule is CCCCOCCOCCN=C(NCC)NCCC(=O)NCCC. The van der Waals surface area contributed by atoms with E-state index in [0.29, 0.717) is 45.3 Å². The Hall–Kier alpha value is -1.34. The molecule has 3 N–H and O–H groups in total. The number of carbonyl (C=O) groups is 1. The maximum absolute atomic E-state index is 11.5. The number of hydrogen-bond acceptors (Lipinski definition) is 4. The molecule has 0 aromatic carbocycles. The molecule has 0 rings (SSSR count). The molecule has 24 heavy (non-hydrogen) atoms. The number of carbonyl (C=O) groups excluding carboxylic acids is 1. The molecule has 7 nitrogen and oxygen atoms in total. The lowest BCUT2D eigenvalue weighted by atomic mass is 10.4. The van der Waals surface area contributed by atoms with Crippen LogP contribution in [0.15, 0.2) is 4.99 Å². The molecule has 0 unspecified atom stereocenters. The van der Waals surface area contributed by atoms with Gasteiger partial charge in [0.25, 0.3) is 0 Å². The smallest absolute Gasteiger partial charge is 0.221 e. The molecule has 1 amide bonds. The Labute approximate surface area is 147 Å². The molecule has 0 aliphatic carbocycles. The van der Waals surface area contributed by atoms with Gasteiger partial charge in [-0.15, -0.1) is 0 Å². The molecule has 0 aromatic heterocycles. The number of ether oxygens (including phenoxy) is 2. The molecule has 142 valence electrons. The van der Waals surface area contributed by atoms with E-state index in [2.05, 4.69) is 27.9 Å². The van der Waals surface area contributed by atoms with Crippen molar-refractivity contribution < 1.29 is 14.3 Å². The van der Waals surface area contributed by atoms with Crippen molar-refractivity contribution in [2.24, 2.45) is 4.99 Å². The van der Waals surface area contributed by atoms with Crippen LogP contribution in [0, 0.1) is 0 Å². The van der Waals surface area contributed by atoms with Crippen molar-refractivity contribution in [3.8, 4) is 0 Å². The Morgan fingerprint density at radius 1 is 0.875 bits per heavy atom. The van der Waals surface area contributed by atoms with Crippen LogP contribution >= 0.6 is 0 Å². The summed E-state index contributed by atoms with van der Waals surface area (Å²) in [6.07, 6.45) is 3.64. The summed E-state index contributed by atoms with van der Waals surface area (Å²) >= 11 is 0. The molecule has 0 radical (unpaired) electrons. The Balaban J connectivity index is 3.72. The summed E-state index contributed by atoms with van der Waals surface area (Å²) in [7, 11) is 0. The van der Waals surface area contributed by atoms with Gasteiger partial charge < -0.3 is 25.4 Å². The quantitative estimate of drug-likeness (QED) is 0.237. The van der Waals surface area contributed by atoms with Crippen LogP contribution in [0.4, 0.5) is 0 Å². The fourth-order valence-corrected chi connectivity index (χ4v) is 1.78. The lowest BCUT2D eigenvalue weighted by molar-refractivity contribution is -0.120. The second-order valence-corrected chi connectivity index (χ2v) is 5.37. The fourth-order valence-electron chi connectivity index (χ4n) is 1.78. The average Bonchev–Trinajstić information content (AvgIpc) is 2.58. The first-order valence-corrected chi connectivity index (χ1v) is 9.18. The number of nitrogens with zero attached hydrogens (tertiary/aromatic N) is 1. The molecular formula is C17H36N4O3. The first-order valence-electron chi connectivity index (χ1n) is 9.18. The van der Waals surface area contributed by atoms with Crippen LogP contribution < -0.4 is 16.0 Å². The maximum atomic E-state index is 11.5. The zero-order valence-electron chi connectivity index (χ0n) is 15.7. The number of hydrogen-bond donors (Lipinski definition) is 3. The molecule has 0 saturated heterocycles. The van der Waals surface area contributed by atoms with Crippen LogP contribution in [0.25, 0.3) is 0 Å². The summed E-state index contributed by atoms with van der Waals surface area (Å²) < 4.78 is 10.9. The largest absolute Gasteiger partial charge is 0.379 e. The molecular weight excluding hydrogens is 308 g/mol. The summed E-state index contributed by atoms with van der Waals surface area (Å²) in [6, 6.07) is 0. The van der Waals surface area contributed by atoms with E-state index in [4.69, 9.17) is 9.47 Å². The standard InChI is InChI=1S/C17H36N4O3/c1-4-7-12-23-14-15-24-13-11-21-17(18-6-3)20-10-8-16(22)19-9-5-2/h4-15H2,1-3H3,(H,19,22)(H2,18,20,21). The van der Waals surface area contributed by atoms with Crippen molar-refractivity contribution in [3.05, 3.63) is 0 Å². The summed E-state index contributed by atoms with van der Waals surface area (Å²) in [5, 5.41) is 9.15. The van der Waals surface area contributed by atoms with E-state index in [1.807, 2.05) is 13.8 Å². The third-order valence-corrected chi connectivity index (χ3v) is 3.08. The van der Waals surface area contributed by atoms with Crippen molar-refractivity contribution in [2.75, 3.05) is 52.6 Å². The van der Waals surface area contributed by atoms with Crippen LogP contribution in [0.2, 0.25) is 0 Å². The van der Waals surface area contributed by atoms with E-state index in [0.717, 1.165) is 39.0 Å². The van der Waals surface area contributed by atoms with E-state index in [1.165, 1.54) is 0 Å². The lowest BCUT2D eigenvalue weighted by Gasteiger charge is -2.11. The molecule has 0 fully saturated rings. The van der Waals surface area contributed by atoms with Gasteiger partial charge in [-0.3, -0.25) is 9.79 Å². The van der Waals surface area contributed by atoms with Crippen LogP contribution in [0.5, 0.6) is 0 Å². The molecule has 7 heteroatoms.